The summed E-state index contributed by atoms with van der Waals surface area (Å²) in [7, 11) is 2.97. The minimum atomic E-state index is 0.293. The van der Waals surface area contributed by atoms with Crippen LogP contribution in [0.3, 0.4) is 0 Å². The van der Waals surface area contributed by atoms with Crippen molar-refractivity contribution in [2.24, 2.45) is 16.6 Å². The summed E-state index contributed by atoms with van der Waals surface area (Å²) in [6, 6.07) is 0.293. The Morgan fingerprint density at radius 1 is 1.42 bits per heavy atom. The van der Waals surface area contributed by atoms with E-state index < -0.39 is 0 Å². The van der Waals surface area contributed by atoms with Crippen LogP contribution < -0.4 is 11.6 Å². The molecule has 1 aliphatic heterocycles. The summed E-state index contributed by atoms with van der Waals surface area (Å²) in [6.07, 6.45) is 0. The number of methoxy groups -OCH3 is 2. The van der Waals surface area contributed by atoms with Crippen LogP contribution in [-0.2, 0) is 9.47 Å². The van der Waals surface area contributed by atoms with Crippen LogP contribution in [0.2, 0.25) is 0 Å². The zero-order valence-corrected chi connectivity index (χ0v) is 7.07. The molecule has 6 heteroatoms. The van der Waals surface area contributed by atoms with Gasteiger partial charge in [-0.15, -0.1) is 0 Å². The van der Waals surface area contributed by atoms with Gasteiger partial charge in [0.1, 0.15) is 0 Å². The van der Waals surface area contributed by atoms with Gasteiger partial charge in [-0.05, 0) is 0 Å². The molecule has 1 aliphatic rings. The molecule has 0 spiro atoms. The number of ether oxygens (including phenoxy) is 2. The van der Waals surface area contributed by atoms with E-state index in [9.17, 15) is 0 Å². The lowest BCUT2D eigenvalue weighted by molar-refractivity contribution is 0.241. The summed E-state index contributed by atoms with van der Waals surface area (Å²) in [6.45, 7) is 0.357. The maximum absolute atomic E-state index is 5.57. The van der Waals surface area contributed by atoms with Crippen molar-refractivity contribution in [1.82, 2.24) is 5.01 Å². The first-order chi connectivity index (χ1) is 5.69. The lowest BCUT2D eigenvalue weighted by atomic mass is 10.4. The van der Waals surface area contributed by atoms with Gasteiger partial charge < -0.3 is 15.2 Å². The summed E-state index contributed by atoms with van der Waals surface area (Å²) in [5.74, 6) is 5.86. The zero-order valence-electron chi connectivity index (χ0n) is 7.07. The number of hydrazine groups is 1. The van der Waals surface area contributed by atoms with Crippen LogP contribution in [0.25, 0.3) is 0 Å². The third kappa shape index (κ3) is 1.42. The minimum absolute atomic E-state index is 0.293. The van der Waals surface area contributed by atoms with Crippen molar-refractivity contribution in [1.29, 1.82) is 0 Å². The van der Waals surface area contributed by atoms with Crippen molar-refractivity contribution < 1.29 is 9.47 Å². The first-order valence-corrected chi connectivity index (χ1v) is 3.36. The highest BCUT2D eigenvalue weighted by molar-refractivity contribution is 5.75. The third-order valence-electron chi connectivity index (χ3n) is 1.43. The predicted octanol–water partition coefficient (Wildman–Crippen LogP) is -1.05. The summed E-state index contributed by atoms with van der Waals surface area (Å²) in [5, 5.41) is 1.30. The van der Waals surface area contributed by atoms with Crippen LogP contribution in [-0.4, -0.2) is 31.8 Å². The number of hydrogen-bond donors (Lipinski definition) is 2. The van der Waals surface area contributed by atoms with Crippen LogP contribution in [0.1, 0.15) is 0 Å². The average Bonchev–Trinajstić information content (AvgIpc) is 2.05. The van der Waals surface area contributed by atoms with Crippen LogP contribution in [0, 0.1) is 0 Å². The molecule has 0 atom stereocenters. The van der Waals surface area contributed by atoms with Crippen molar-refractivity contribution in [3.8, 4) is 0 Å². The smallest absolute Gasteiger partial charge is 0.310 e. The van der Waals surface area contributed by atoms with Crippen LogP contribution in [0.4, 0.5) is 0 Å². The number of rotatable bonds is 1. The highest BCUT2D eigenvalue weighted by atomic mass is 16.5. The van der Waals surface area contributed by atoms with Gasteiger partial charge >= 0.3 is 6.02 Å². The lowest BCUT2D eigenvalue weighted by Gasteiger charge is -2.23. The topological polar surface area (TPSA) is 86.1 Å². The number of nitrogens with two attached hydrogens (primary N) is 2. The SMILES string of the molecule is COC1=NC(OC)=C(N)CN1N. The third-order valence-corrected chi connectivity index (χ3v) is 1.43. The largest absolute Gasteiger partial charge is 0.480 e. The van der Waals surface area contributed by atoms with Gasteiger partial charge in [0.25, 0.3) is 0 Å². The molecule has 1 heterocycles. The van der Waals surface area contributed by atoms with Crippen molar-refractivity contribution in [3.63, 3.8) is 0 Å². The molecular weight excluding hydrogens is 160 g/mol. The molecule has 0 fully saturated rings. The van der Waals surface area contributed by atoms with Gasteiger partial charge in [-0.3, -0.25) is 5.01 Å². The second-order valence-corrected chi connectivity index (χ2v) is 2.26. The number of hydrogen-bond acceptors (Lipinski definition) is 6. The number of amidine groups is 1. The Morgan fingerprint density at radius 3 is 2.58 bits per heavy atom. The van der Waals surface area contributed by atoms with E-state index in [4.69, 9.17) is 21.1 Å². The van der Waals surface area contributed by atoms with E-state index in [1.54, 1.807) is 0 Å². The Balaban J connectivity index is 2.88. The van der Waals surface area contributed by atoms with Crippen molar-refractivity contribution >= 4 is 6.02 Å². The van der Waals surface area contributed by atoms with Gasteiger partial charge in [0.2, 0.25) is 5.88 Å². The summed E-state index contributed by atoms with van der Waals surface area (Å²) < 4.78 is 9.75. The molecule has 68 valence electrons. The highest BCUT2D eigenvalue weighted by Crippen LogP contribution is 2.09. The molecule has 0 saturated carbocycles. The van der Waals surface area contributed by atoms with Crippen LogP contribution >= 0.6 is 0 Å². The quantitative estimate of drug-likeness (QED) is 0.493. The van der Waals surface area contributed by atoms with Crippen LogP contribution in [0.5, 0.6) is 0 Å². The standard InChI is InChI=1S/C6H12N4O2/c1-11-5-4(7)3-10(8)6(9-5)12-2/h3,7-8H2,1-2H3. The first kappa shape index (κ1) is 8.66. The monoisotopic (exact) mass is 172 g/mol. The van der Waals surface area contributed by atoms with E-state index >= 15 is 0 Å². The Morgan fingerprint density at radius 2 is 2.08 bits per heavy atom. The van der Waals surface area contributed by atoms with E-state index in [1.807, 2.05) is 0 Å². The van der Waals surface area contributed by atoms with Crippen LogP contribution in [0.15, 0.2) is 16.6 Å². The molecule has 0 amide bonds. The average molecular weight is 172 g/mol. The van der Waals surface area contributed by atoms with E-state index in [0.717, 1.165) is 0 Å². The van der Waals surface area contributed by atoms with Gasteiger partial charge in [-0.1, -0.05) is 0 Å². The molecule has 0 aromatic carbocycles. The van der Waals surface area contributed by atoms with E-state index in [-0.39, 0.29) is 0 Å². The van der Waals surface area contributed by atoms with Gasteiger partial charge in [0.05, 0.1) is 26.5 Å². The molecule has 0 saturated heterocycles. The fourth-order valence-corrected chi connectivity index (χ4v) is 0.881. The van der Waals surface area contributed by atoms with E-state index in [1.165, 1.54) is 19.2 Å². The minimum Gasteiger partial charge on any atom is -0.480 e. The van der Waals surface area contributed by atoms with Crippen molar-refractivity contribution in [2.75, 3.05) is 20.8 Å². The molecule has 0 radical (unpaired) electrons. The Labute approximate surface area is 70.4 Å². The maximum Gasteiger partial charge on any atom is 0.310 e. The maximum atomic E-state index is 5.57. The molecular formula is C6H12N4O2. The molecule has 6 nitrogen and oxygen atoms in total. The fraction of sp³-hybridized carbons (Fsp3) is 0.500. The molecule has 0 bridgehead atoms. The Kier molecular flexibility index (Phi) is 2.39. The van der Waals surface area contributed by atoms with E-state index in [2.05, 4.69) is 4.99 Å². The molecule has 0 aliphatic carbocycles. The predicted molar refractivity (Wildman–Crippen MR) is 43.6 cm³/mol. The summed E-state index contributed by atoms with van der Waals surface area (Å²) in [5.41, 5.74) is 6.05. The summed E-state index contributed by atoms with van der Waals surface area (Å²) in [4.78, 5) is 3.91. The second kappa shape index (κ2) is 3.31. The van der Waals surface area contributed by atoms with Gasteiger partial charge in [0.15, 0.2) is 0 Å². The zero-order chi connectivity index (χ0) is 9.14. The Hall–Kier alpha value is -1.43. The highest BCUT2D eigenvalue weighted by Gasteiger charge is 2.18. The Bertz CT molecular complexity index is 236. The normalized spacial score (nSPS) is 17.6. The molecule has 0 aromatic rings. The van der Waals surface area contributed by atoms with E-state index in [0.29, 0.717) is 24.1 Å². The molecule has 1 rings (SSSR count). The second-order valence-electron chi connectivity index (χ2n) is 2.26. The number of nitrogens with zero attached hydrogens (tertiary/aromatic N) is 2. The van der Waals surface area contributed by atoms with Gasteiger partial charge in [0, 0.05) is 0 Å². The fourth-order valence-electron chi connectivity index (χ4n) is 0.881. The number of aliphatic imine (C=N–C) groups is 1. The summed E-state index contributed by atoms with van der Waals surface area (Å²) >= 11 is 0. The molecule has 0 aromatic heterocycles. The lowest BCUT2D eigenvalue weighted by Crippen LogP contribution is -2.43. The first-order valence-electron chi connectivity index (χ1n) is 3.36. The van der Waals surface area contributed by atoms with Gasteiger partial charge in [-0.2, -0.15) is 4.99 Å². The molecule has 12 heavy (non-hydrogen) atoms. The molecule has 0 unspecified atom stereocenters. The van der Waals surface area contributed by atoms with Gasteiger partial charge in [-0.25, -0.2) is 5.84 Å². The van der Waals surface area contributed by atoms with Crippen molar-refractivity contribution in [2.45, 2.75) is 0 Å². The van der Waals surface area contributed by atoms with Crippen molar-refractivity contribution in [3.05, 3.63) is 11.6 Å². The molecule has 4 N–H and O–H groups in total.